The van der Waals surface area contributed by atoms with Crippen LogP contribution in [0.1, 0.15) is 7.43 Å². The van der Waals surface area contributed by atoms with Gasteiger partial charge in [-0.15, -0.1) is 43.1 Å². The first-order valence-electron chi connectivity index (χ1n) is 21.9. The van der Waals surface area contributed by atoms with Gasteiger partial charge in [0.15, 0.2) is 22.9 Å². The van der Waals surface area contributed by atoms with Crippen molar-refractivity contribution in [3.8, 4) is 33.9 Å². The summed E-state index contributed by atoms with van der Waals surface area (Å²) in [6, 6.07) is 66.4. The molecule has 0 radical (unpaired) electrons. The predicted molar refractivity (Wildman–Crippen MR) is 294 cm³/mol. The van der Waals surface area contributed by atoms with E-state index in [2.05, 4.69) is 156 Å². The fourth-order valence-corrected chi connectivity index (χ4v) is 11.7. The highest BCUT2D eigenvalue weighted by molar-refractivity contribution is 9.10. The standard InChI is InChI=1S/C28H17N3S.C16H10BrN3.C12H9BO2S.CH4/c1-2-7-22-18(6-1)16-17-31-27(29-30-28(22)31)20-14-12-19(13-15-20)21-9-5-10-24-23-8-3-4-11-25(23)32-26(21)24;17-13-7-5-12(6-8-13)15-18-19-16-14-4-2-1-3-11(14)9-10-20(15)16;14-13(15)10-6-3-5-9-8-4-1-2-7-11(8)16-12(9)10;/h1-17H;1-10H;1-7,14-15H;1H4. The van der Waals surface area contributed by atoms with Gasteiger partial charge in [0.25, 0.3) is 0 Å². The fourth-order valence-electron chi connectivity index (χ4n) is 8.97. The summed E-state index contributed by atoms with van der Waals surface area (Å²) in [5.41, 5.74) is 6.95. The molecule has 8 aromatic carbocycles. The van der Waals surface area contributed by atoms with Crippen LogP contribution in [0.2, 0.25) is 0 Å². The van der Waals surface area contributed by atoms with Crippen LogP contribution in [0.15, 0.2) is 211 Å². The summed E-state index contributed by atoms with van der Waals surface area (Å²) >= 11 is 6.91. The van der Waals surface area contributed by atoms with E-state index in [0.717, 1.165) is 59.4 Å². The Morgan fingerprint density at radius 3 is 1.39 bits per heavy atom. The molecular weight excluding hydrogens is 956 g/mol. The van der Waals surface area contributed by atoms with Crippen LogP contribution in [-0.4, -0.2) is 46.4 Å². The van der Waals surface area contributed by atoms with E-state index >= 15 is 0 Å². The monoisotopic (exact) mass is 994 g/mol. The number of hydrogen-bond donors (Lipinski definition) is 2. The largest absolute Gasteiger partial charge is 0.489 e. The zero-order valence-electron chi connectivity index (χ0n) is 36.0. The second kappa shape index (κ2) is 18.5. The maximum atomic E-state index is 9.31. The van der Waals surface area contributed by atoms with Gasteiger partial charge in [0, 0.05) is 73.7 Å². The van der Waals surface area contributed by atoms with E-state index < -0.39 is 7.12 Å². The first-order chi connectivity index (χ1) is 33.5. The first-order valence-corrected chi connectivity index (χ1v) is 24.4. The second-order valence-electron chi connectivity index (χ2n) is 16.3. The van der Waals surface area contributed by atoms with E-state index in [-0.39, 0.29) is 7.43 Å². The van der Waals surface area contributed by atoms with Crippen LogP contribution in [0.5, 0.6) is 0 Å². The van der Waals surface area contributed by atoms with Crippen LogP contribution in [-0.2, 0) is 0 Å². The van der Waals surface area contributed by atoms with Crippen molar-refractivity contribution in [2.45, 2.75) is 7.43 Å². The molecule has 2 N–H and O–H groups in total. The molecule has 332 valence electrons. The van der Waals surface area contributed by atoms with E-state index in [1.54, 1.807) is 17.4 Å². The van der Waals surface area contributed by atoms with E-state index in [9.17, 15) is 10.0 Å². The molecule has 0 saturated carbocycles. The molecule has 0 unspecified atom stereocenters. The Bertz CT molecular complexity index is 4170. The Kier molecular flexibility index (Phi) is 11.8. The number of aromatic nitrogens is 6. The van der Waals surface area contributed by atoms with Gasteiger partial charge in [0.05, 0.1) is 0 Å². The van der Waals surface area contributed by atoms with Crippen molar-refractivity contribution in [3.63, 3.8) is 0 Å². The molecule has 0 fully saturated rings. The number of fused-ring (bicyclic) bond motifs is 12. The van der Waals surface area contributed by atoms with Gasteiger partial charge in [-0.3, -0.25) is 8.80 Å². The average molecular weight is 996 g/mol. The number of halogens is 1. The lowest BCUT2D eigenvalue weighted by atomic mass is 9.80. The number of rotatable bonds is 4. The van der Waals surface area contributed by atoms with Crippen LogP contribution >= 0.6 is 38.6 Å². The first kappa shape index (κ1) is 44.0. The van der Waals surface area contributed by atoms with E-state index in [1.165, 1.54) is 52.2 Å². The molecular formula is C57H40BBrN6O2S2. The zero-order valence-corrected chi connectivity index (χ0v) is 39.2. The fraction of sp³-hybridized carbons (Fsp3) is 0.0175. The van der Waals surface area contributed by atoms with Gasteiger partial charge in [-0.2, -0.15) is 0 Å². The van der Waals surface area contributed by atoms with Crippen molar-refractivity contribution < 1.29 is 10.0 Å². The Balaban J connectivity index is 0.000000121. The highest BCUT2D eigenvalue weighted by Gasteiger charge is 2.18. The van der Waals surface area contributed by atoms with Gasteiger partial charge < -0.3 is 10.0 Å². The van der Waals surface area contributed by atoms with Crippen molar-refractivity contribution in [1.82, 2.24) is 29.2 Å². The highest BCUT2D eigenvalue weighted by Crippen LogP contribution is 2.40. The van der Waals surface area contributed by atoms with Crippen molar-refractivity contribution in [1.29, 1.82) is 0 Å². The summed E-state index contributed by atoms with van der Waals surface area (Å²) in [5, 5.41) is 45.8. The van der Waals surface area contributed by atoms with Crippen molar-refractivity contribution in [2.24, 2.45) is 0 Å². The lowest BCUT2D eigenvalue weighted by Crippen LogP contribution is -2.29. The number of nitrogens with zero attached hydrogens (tertiary/aromatic N) is 6. The van der Waals surface area contributed by atoms with Gasteiger partial charge >= 0.3 is 7.12 Å². The Hall–Kier alpha value is -7.58. The zero-order chi connectivity index (χ0) is 45.7. The molecule has 0 aliphatic carbocycles. The number of benzene rings is 8. The summed E-state index contributed by atoms with van der Waals surface area (Å²) in [4.78, 5) is 0. The normalized spacial score (nSPS) is 11.3. The molecule has 6 aromatic heterocycles. The number of hydrogen-bond acceptors (Lipinski definition) is 8. The predicted octanol–water partition coefficient (Wildman–Crippen LogP) is 14.3. The SMILES string of the molecule is Brc1ccc(-c2nnc3c4ccccc4ccn23)cc1.C.OB(O)c1cccc2c1sc1ccccc12.c1ccc2c(c1)ccn1c(-c3ccc(-c4cccc5c4sc4ccccc45)cc3)nnc21. The molecule has 12 heteroatoms. The maximum absolute atomic E-state index is 9.31. The minimum atomic E-state index is -1.41. The molecule has 14 rings (SSSR count). The van der Waals surface area contributed by atoms with Gasteiger partial charge in [0.1, 0.15) is 0 Å². The minimum absolute atomic E-state index is 0. The lowest BCUT2D eigenvalue weighted by Gasteiger charge is -2.06. The molecule has 0 bridgehead atoms. The molecule has 0 saturated heterocycles. The van der Waals surface area contributed by atoms with Crippen LogP contribution in [0.4, 0.5) is 0 Å². The van der Waals surface area contributed by atoms with Crippen molar-refractivity contribution >= 4 is 124 Å². The molecule has 0 atom stereocenters. The summed E-state index contributed by atoms with van der Waals surface area (Å²) < 4.78 is 9.95. The third-order valence-electron chi connectivity index (χ3n) is 12.3. The van der Waals surface area contributed by atoms with Gasteiger partial charge in [-0.05, 0) is 69.1 Å². The third kappa shape index (κ3) is 8.01. The Morgan fingerprint density at radius 1 is 0.406 bits per heavy atom. The molecule has 0 aliphatic rings. The minimum Gasteiger partial charge on any atom is -0.423 e. The van der Waals surface area contributed by atoms with Crippen LogP contribution in [0, 0.1) is 0 Å². The van der Waals surface area contributed by atoms with E-state index in [4.69, 9.17) is 0 Å². The van der Waals surface area contributed by atoms with E-state index in [0.29, 0.717) is 5.46 Å². The summed E-state index contributed by atoms with van der Waals surface area (Å²) in [6.45, 7) is 0. The quantitative estimate of drug-likeness (QED) is 0.170. The number of pyridine rings is 2. The average Bonchev–Trinajstić information content (AvgIpc) is 4.20. The Labute approximate surface area is 413 Å². The third-order valence-corrected chi connectivity index (χ3v) is 15.3. The van der Waals surface area contributed by atoms with Crippen molar-refractivity contribution in [3.05, 3.63) is 211 Å². The van der Waals surface area contributed by atoms with Crippen LogP contribution < -0.4 is 5.46 Å². The lowest BCUT2D eigenvalue weighted by molar-refractivity contribution is 0.426. The molecule has 6 heterocycles. The van der Waals surface area contributed by atoms with Crippen molar-refractivity contribution in [2.75, 3.05) is 0 Å². The maximum Gasteiger partial charge on any atom is 0.489 e. The van der Waals surface area contributed by atoms with Gasteiger partial charge in [0.2, 0.25) is 0 Å². The molecule has 8 nitrogen and oxygen atoms in total. The number of thiophene rings is 2. The summed E-state index contributed by atoms with van der Waals surface area (Å²) in [6.07, 6.45) is 4.08. The highest BCUT2D eigenvalue weighted by atomic mass is 79.9. The smallest absolute Gasteiger partial charge is 0.423 e. The van der Waals surface area contributed by atoms with Crippen LogP contribution in [0.25, 0.3) is 107 Å². The van der Waals surface area contributed by atoms with E-state index in [1.807, 2.05) is 101 Å². The van der Waals surface area contributed by atoms with Gasteiger partial charge in [-0.1, -0.05) is 181 Å². The molecule has 0 spiro atoms. The Morgan fingerprint density at radius 2 is 0.841 bits per heavy atom. The molecule has 0 aliphatic heterocycles. The molecule has 0 amide bonds. The topological polar surface area (TPSA) is 101 Å². The summed E-state index contributed by atoms with van der Waals surface area (Å²) in [5.74, 6) is 1.72. The molecule has 14 aromatic rings. The molecule has 69 heavy (non-hydrogen) atoms. The second-order valence-corrected chi connectivity index (χ2v) is 19.3. The van der Waals surface area contributed by atoms with Crippen LogP contribution in [0.3, 0.4) is 0 Å². The van der Waals surface area contributed by atoms with Gasteiger partial charge in [-0.25, -0.2) is 0 Å². The summed E-state index contributed by atoms with van der Waals surface area (Å²) in [7, 11) is -1.41.